The molecule has 0 saturated carbocycles. The Bertz CT molecular complexity index is 171. The van der Waals surface area contributed by atoms with Gasteiger partial charge in [-0.05, 0) is 17.8 Å². The first-order chi connectivity index (χ1) is 6.23. The Morgan fingerprint density at radius 1 is 1.07 bits per heavy atom. The maximum Gasteiger partial charge on any atom is 0.394 e. The van der Waals surface area contributed by atoms with Gasteiger partial charge in [-0.2, -0.15) is 13.2 Å². The maximum atomic E-state index is 12.6. The summed E-state index contributed by atoms with van der Waals surface area (Å²) < 4.78 is 42.8. The van der Waals surface area contributed by atoms with Crippen molar-refractivity contribution in [3.05, 3.63) is 0 Å². The number of halogens is 3. The molecule has 1 rings (SSSR count). The van der Waals surface area contributed by atoms with Crippen molar-refractivity contribution in [3.8, 4) is 0 Å². The van der Waals surface area contributed by atoms with E-state index in [2.05, 4.69) is 0 Å². The molecular weight excluding hydrogens is 193 g/mol. The third-order valence-corrected chi connectivity index (χ3v) is 2.89. The summed E-state index contributed by atoms with van der Waals surface area (Å²) >= 11 is 0. The van der Waals surface area contributed by atoms with Gasteiger partial charge < -0.3 is 4.74 Å². The molecule has 2 unspecified atom stereocenters. The van der Waals surface area contributed by atoms with E-state index in [9.17, 15) is 13.2 Å². The highest BCUT2D eigenvalue weighted by Crippen LogP contribution is 2.44. The smallest absolute Gasteiger partial charge is 0.381 e. The number of hydrogen-bond acceptors (Lipinski definition) is 1. The number of alkyl halides is 3. The molecule has 1 aliphatic heterocycles. The minimum absolute atomic E-state index is 0.175. The minimum atomic E-state index is -4.13. The fraction of sp³-hybridized carbons (Fsp3) is 1.00. The van der Waals surface area contributed by atoms with Crippen LogP contribution in [0.3, 0.4) is 0 Å². The summed E-state index contributed by atoms with van der Waals surface area (Å²) in [6.07, 6.45) is -3.62. The molecule has 0 spiro atoms. The molecule has 0 bridgehead atoms. The molecule has 1 nitrogen and oxygen atoms in total. The predicted molar refractivity (Wildman–Crippen MR) is 47.9 cm³/mol. The number of hydrogen-bond donors (Lipinski definition) is 0. The first-order valence-electron chi connectivity index (χ1n) is 4.87. The molecule has 0 aromatic heterocycles. The topological polar surface area (TPSA) is 9.23 Å². The molecule has 2 atom stereocenters. The second kappa shape index (κ2) is 3.72. The maximum absolute atomic E-state index is 12.6. The molecule has 0 aliphatic carbocycles. The molecule has 1 aliphatic rings. The van der Waals surface area contributed by atoms with E-state index in [0.29, 0.717) is 13.0 Å². The highest BCUT2D eigenvalue weighted by molar-refractivity contribution is 4.86. The zero-order valence-corrected chi connectivity index (χ0v) is 8.82. The van der Waals surface area contributed by atoms with E-state index in [1.165, 1.54) is 0 Å². The van der Waals surface area contributed by atoms with Crippen molar-refractivity contribution in [1.82, 2.24) is 0 Å². The molecule has 0 amide bonds. The van der Waals surface area contributed by atoms with Crippen LogP contribution in [-0.2, 0) is 4.74 Å². The Morgan fingerprint density at radius 3 is 2.00 bits per heavy atom. The van der Waals surface area contributed by atoms with Gasteiger partial charge >= 0.3 is 6.18 Å². The van der Waals surface area contributed by atoms with E-state index >= 15 is 0 Å². The third-order valence-electron chi connectivity index (χ3n) is 2.89. The fourth-order valence-corrected chi connectivity index (χ4v) is 2.10. The summed E-state index contributed by atoms with van der Waals surface area (Å²) in [4.78, 5) is 0. The highest BCUT2D eigenvalue weighted by atomic mass is 19.4. The van der Waals surface area contributed by atoms with Crippen molar-refractivity contribution in [1.29, 1.82) is 0 Å². The molecule has 4 heteroatoms. The normalized spacial score (nSPS) is 30.4. The van der Waals surface area contributed by atoms with E-state index < -0.39 is 12.1 Å². The second-order valence-corrected chi connectivity index (χ2v) is 4.98. The van der Waals surface area contributed by atoms with Crippen LogP contribution in [0.4, 0.5) is 13.2 Å². The summed E-state index contributed by atoms with van der Waals surface area (Å²) in [6.45, 7) is 5.87. The summed E-state index contributed by atoms with van der Waals surface area (Å²) in [7, 11) is 0. The largest absolute Gasteiger partial charge is 0.394 e. The lowest BCUT2D eigenvalue weighted by Gasteiger charge is -2.40. The lowest BCUT2D eigenvalue weighted by molar-refractivity contribution is -0.227. The molecule has 84 valence electrons. The molecule has 1 fully saturated rings. The van der Waals surface area contributed by atoms with Crippen LogP contribution >= 0.6 is 0 Å². The van der Waals surface area contributed by atoms with Gasteiger partial charge in [-0.25, -0.2) is 0 Å². The lowest BCUT2D eigenvalue weighted by atomic mass is 9.70. The summed E-state index contributed by atoms with van der Waals surface area (Å²) in [5.74, 6) is -1.62. The summed E-state index contributed by atoms with van der Waals surface area (Å²) in [5, 5.41) is 0. The predicted octanol–water partition coefficient (Wildman–Crippen LogP) is 3.25. The molecular formula is C10H17F3O. The average Bonchev–Trinajstić information content (AvgIpc) is 2.01. The average molecular weight is 210 g/mol. The van der Waals surface area contributed by atoms with Crippen molar-refractivity contribution in [2.45, 2.75) is 33.4 Å². The van der Waals surface area contributed by atoms with Crippen molar-refractivity contribution in [2.75, 3.05) is 13.2 Å². The Balaban J connectivity index is 2.80. The van der Waals surface area contributed by atoms with E-state index in [1.807, 2.05) is 20.8 Å². The Kier molecular flexibility index (Phi) is 3.14. The van der Waals surface area contributed by atoms with Crippen LogP contribution in [0.5, 0.6) is 0 Å². The summed E-state index contributed by atoms with van der Waals surface area (Å²) in [5.41, 5.74) is -0.302. The molecule has 0 aromatic carbocycles. The zero-order valence-electron chi connectivity index (χ0n) is 8.82. The van der Waals surface area contributed by atoms with Crippen LogP contribution in [0, 0.1) is 17.3 Å². The Labute approximate surface area is 82.6 Å². The van der Waals surface area contributed by atoms with Crippen LogP contribution in [0.15, 0.2) is 0 Å². The SMILES string of the molecule is CC(C)(C)C1CCOCC1C(F)(F)F. The van der Waals surface area contributed by atoms with E-state index in [1.54, 1.807) is 0 Å². The van der Waals surface area contributed by atoms with E-state index in [-0.39, 0.29) is 17.9 Å². The van der Waals surface area contributed by atoms with Gasteiger partial charge in [-0.3, -0.25) is 0 Å². The highest BCUT2D eigenvalue weighted by Gasteiger charge is 2.49. The van der Waals surface area contributed by atoms with Gasteiger partial charge in [-0.15, -0.1) is 0 Å². The Hall–Kier alpha value is -0.250. The molecule has 0 radical (unpaired) electrons. The monoisotopic (exact) mass is 210 g/mol. The summed E-state index contributed by atoms with van der Waals surface area (Å²) in [6, 6.07) is 0. The van der Waals surface area contributed by atoms with Crippen LogP contribution < -0.4 is 0 Å². The second-order valence-electron chi connectivity index (χ2n) is 4.98. The fourth-order valence-electron chi connectivity index (χ4n) is 2.10. The van der Waals surface area contributed by atoms with Gasteiger partial charge in [0.25, 0.3) is 0 Å². The van der Waals surface area contributed by atoms with Gasteiger partial charge in [0.05, 0.1) is 12.5 Å². The van der Waals surface area contributed by atoms with Gasteiger partial charge in [0, 0.05) is 6.61 Å². The Morgan fingerprint density at radius 2 is 1.64 bits per heavy atom. The van der Waals surface area contributed by atoms with Crippen LogP contribution in [0.25, 0.3) is 0 Å². The van der Waals surface area contributed by atoms with Crippen LogP contribution in [-0.4, -0.2) is 19.4 Å². The van der Waals surface area contributed by atoms with Crippen molar-refractivity contribution < 1.29 is 17.9 Å². The molecule has 0 N–H and O–H groups in total. The molecule has 14 heavy (non-hydrogen) atoms. The first-order valence-corrected chi connectivity index (χ1v) is 4.87. The van der Waals surface area contributed by atoms with Crippen LogP contribution in [0.1, 0.15) is 27.2 Å². The van der Waals surface area contributed by atoms with Crippen molar-refractivity contribution >= 4 is 0 Å². The van der Waals surface area contributed by atoms with E-state index in [0.717, 1.165) is 0 Å². The molecule has 1 heterocycles. The van der Waals surface area contributed by atoms with Gasteiger partial charge in [-0.1, -0.05) is 20.8 Å². The van der Waals surface area contributed by atoms with Gasteiger partial charge in [0.2, 0.25) is 0 Å². The van der Waals surface area contributed by atoms with Gasteiger partial charge in [0.15, 0.2) is 0 Å². The molecule has 1 saturated heterocycles. The molecule has 0 aromatic rings. The third kappa shape index (κ3) is 2.62. The quantitative estimate of drug-likeness (QED) is 0.596. The number of ether oxygens (including phenoxy) is 1. The van der Waals surface area contributed by atoms with Gasteiger partial charge in [0.1, 0.15) is 0 Å². The zero-order chi connectivity index (χ0) is 11.0. The van der Waals surface area contributed by atoms with E-state index in [4.69, 9.17) is 4.74 Å². The first kappa shape index (κ1) is 11.8. The standard InChI is InChI=1S/C10H17F3O/c1-9(2,3)7-4-5-14-6-8(7)10(11,12)13/h7-8H,4-6H2,1-3H3. The van der Waals surface area contributed by atoms with Crippen molar-refractivity contribution in [2.24, 2.45) is 17.3 Å². The number of rotatable bonds is 0. The van der Waals surface area contributed by atoms with Crippen molar-refractivity contribution in [3.63, 3.8) is 0 Å². The van der Waals surface area contributed by atoms with Crippen LogP contribution in [0.2, 0.25) is 0 Å². The lowest BCUT2D eigenvalue weighted by Crippen LogP contribution is -2.43. The minimum Gasteiger partial charge on any atom is -0.381 e.